The Morgan fingerprint density at radius 1 is 1.20 bits per heavy atom. The van der Waals surface area contributed by atoms with Crippen LogP contribution in [0.5, 0.6) is 0 Å². The van der Waals surface area contributed by atoms with Crippen LogP contribution in [0.25, 0.3) is 0 Å². The van der Waals surface area contributed by atoms with Gasteiger partial charge in [-0.25, -0.2) is 4.39 Å². The normalized spacial score (nSPS) is 17.0. The first-order valence-corrected chi connectivity index (χ1v) is 8.32. The molecule has 2 aromatic carbocycles. The first kappa shape index (κ1) is 17.1. The van der Waals surface area contributed by atoms with Crippen LogP contribution in [0.2, 0.25) is 0 Å². The van der Waals surface area contributed by atoms with E-state index in [4.69, 9.17) is 0 Å². The molecule has 1 aliphatic rings. The lowest BCUT2D eigenvalue weighted by molar-refractivity contribution is -0.128. The smallest absolute Gasteiger partial charge is 0.229 e. The number of aryl methyl sites for hydroxylation is 2. The summed E-state index contributed by atoms with van der Waals surface area (Å²) < 4.78 is 13.0. The minimum atomic E-state index is -0.367. The maximum absolute atomic E-state index is 13.0. The number of hydrogen-bond acceptors (Lipinski definition) is 2. The fourth-order valence-corrected chi connectivity index (χ4v) is 3.10. The van der Waals surface area contributed by atoms with Crippen molar-refractivity contribution in [1.29, 1.82) is 0 Å². The Hall–Kier alpha value is -2.69. The molecule has 130 valence electrons. The van der Waals surface area contributed by atoms with Crippen molar-refractivity contribution in [3.63, 3.8) is 0 Å². The molecule has 5 heteroatoms. The monoisotopic (exact) mass is 340 g/mol. The molecule has 0 radical (unpaired) electrons. The van der Waals surface area contributed by atoms with E-state index in [1.807, 2.05) is 32.0 Å². The van der Waals surface area contributed by atoms with Gasteiger partial charge in [-0.05, 0) is 43.2 Å². The highest BCUT2D eigenvalue weighted by Crippen LogP contribution is 2.23. The quantitative estimate of drug-likeness (QED) is 0.927. The molecular formula is C20H21FN2O2. The SMILES string of the molecule is Cc1ccc(NC(=O)C2CC(=O)N(Cc3ccc(F)cc3)C2)c(C)c1. The molecule has 0 spiro atoms. The number of carbonyl (C=O) groups excluding carboxylic acids is 2. The highest BCUT2D eigenvalue weighted by Gasteiger charge is 2.34. The van der Waals surface area contributed by atoms with Gasteiger partial charge in [-0.2, -0.15) is 0 Å². The fraction of sp³-hybridized carbons (Fsp3) is 0.300. The second kappa shape index (κ2) is 7.05. The van der Waals surface area contributed by atoms with Gasteiger partial charge >= 0.3 is 0 Å². The summed E-state index contributed by atoms with van der Waals surface area (Å²) in [6.07, 6.45) is 0.206. The van der Waals surface area contributed by atoms with Gasteiger partial charge in [0.15, 0.2) is 0 Å². The zero-order chi connectivity index (χ0) is 18.0. The Bertz CT molecular complexity index is 802. The standard InChI is InChI=1S/C20H21FN2O2/c1-13-3-8-18(14(2)9-13)22-20(25)16-10-19(24)23(12-16)11-15-4-6-17(21)7-5-15/h3-9,16H,10-12H2,1-2H3,(H,22,25). The third-order valence-corrected chi connectivity index (χ3v) is 4.51. The van der Waals surface area contributed by atoms with Crippen molar-refractivity contribution in [2.24, 2.45) is 5.92 Å². The molecule has 0 bridgehead atoms. The number of amides is 2. The van der Waals surface area contributed by atoms with Gasteiger partial charge in [0.2, 0.25) is 11.8 Å². The molecule has 1 saturated heterocycles. The molecule has 0 saturated carbocycles. The van der Waals surface area contributed by atoms with Gasteiger partial charge in [-0.15, -0.1) is 0 Å². The van der Waals surface area contributed by atoms with Crippen LogP contribution in [0.4, 0.5) is 10.1 Å². The summed E-state index contributed by atoms with van der Waals surface area (Å²) in [5.74, 6) is -0.858. The van der Waals surface area contributed by atoms with Crippen LogP contribution < -0.4 is 5.32 Å². The Labute approximate surface area is 146 Å². The Morgan fingerprint density at radius 3 is 2.60 bits per heavy atom. The molecule has 2 amide bonds. The number of nitrogens with one attached hydrogen (secondary N) is 1. The molecule has 4 nitrogen and oxygen atoms in total. The van der Waals surface area contributed by atoms with Gasteiger partial charge < -0.3 is 10.2 Å². The van der Waals surface area contributed by atoms with E-state index in [9.17, 15) is 14.0 Å². The Morgan fingerprint density at radius 2 is 1.92 bits per heavy atom. The van der Waals surface area contributed by atoms with Crippen molar-refractivity contribution in [2.75, 3.05) is 11.9 Å². The van der Waals surface area contributed by atoms with Crippen molar-refractivity contribution < 1.29 is 14.0 Å². The summed E-state index contributed by atoms with van der Waals surface area (Å²) in [7, 11) is 0. The number of hydrogen-bond donors (Lipinski definition) is 1. The van der Waals surface area contributed by atoms with Crippen LogP contribution in [0.15, 0.2) is 42.5 Å². The summed E-state index contributed by atoms with van der Waals surface area (Å²) in [5.41, 5.74) is 3.77. The zero-order valence-electron chi connectivity index (χ0n) is 14.4. The van der Waals surface area contributed by atoms with Crippen LogP contribution in [0.1, 0.15) is 23.1 Å². The molecular weight excluding hydrogens is 319 g/mol. The Kier molecular flexibility index (Phi) is 4.83. The summed E-state index contributed by atoms with van der Waals surface area (Å²) in [4.78, 5) is 26.3. The van der Waals surface area contributed by atoms with Crippen molar-refractivity contribution in [3.8, 4) is 0 Å². The Balaban J connectivity index is 1.63. The predicted molar refractivity (Wildman–Crippen MR) is 94.5 cm³/mol. The molecule has 1 heterocycles. The largest absolute Gasteiger partial charge is 0.338 e. The summed E-state index contributed by atoms with van der Waals surface area (Å²) in [6, 6.07) is 11.9. The summed E-state index contributed by atoms with van der Waals surface area (Å²) in [6.45, 7) is 4.73. The van der Waals surface area contributed by atoms with E-state index in [-0.39, 0.29) is 30.0 Å². The highest BCUT2D eigenvalue weighted by molar-refractivity contribution is 5.97. The van der Waals surface area contributed by atoms with E-state index in [0.717, 1.165) is 22.4 Å². The van der Waals surface area contributed by atoms with Crippen LogP contribution >= 0.6 is 0 Å². The molecule has 25 heavy (non-hydrogen) atoms. The molecule has 0 aliphatic carbocycles. The second-order valence-electron chi connectivity index (χ2n) is 6.61. The fourth-order valence-electron chi connectivity index (χ4n) is 3.10. The van der Waals surface area contributed by atoms with Crippen LogP contribution in [-0.2, 0) is 16.1 Å². The van der Waals surface area contributed by atoms with Gasteiger partial charge in [-0.1, -0.05) is 29.8 Å². The van der Waals surface area contributed by atoms with Crippen LogP contribution in [0, 0.1) is 25.6 Å². The van der Waals surface area contributed by atoms with E-state index in [1.165, 1.54) is 12.1 Å². The average Bonchev–Trinajstić information content (AvgIpc) is 2.93. The predicted octanol–water partition coefficient (Wildman–Crippen LogP) is 3.43. The molecule has 1 unspecified atom stereocenters. The van der Waals surface area contributed by atoms with Gasteiger partial charge in [0, 0.05) is 25.2 Å². The second-order valence-corrected chi connectivity index (χ2v) is 6.61. The van der Waals surface area contributed by atoms with Crippen molar-refractivity contribution in [1.82, 2.24) is 4.90 Å². The summed E-state index contributed by atoms with van der Waals surface area (Å²) in [5, 5.41) is 2.92. The third-order valence-electron chi connectivity index (χ3n) is 4.51. The number of halogens is 1. The number of carbonyl (C=O) groups is 2. The van der Waals surface area contributed by atoms with E-state index in [2.05, 4.69) is 5.32 Å². The molecule has 1 atom stereocenters. The van der Waals surface area contributed by atoms with Gasteiger partial charge in [-0.3, -0.25) is 9.59 Å². The van der Waals surface area contributed by atoms with E-state index < -0.39 is 0 Å². The maximum atomic E-state index is 13.0. The van der Waals surface area contributed by atoms with E-state index in [0.29, 0.717) is 13.1 Å². The minimum Gasteiger partial charge on any atom is -0.338 e. The number of anilines is 1. The van der Waals surface area contributed by atoms with Gasteiger partial charge in [0.1, 0.15) is 5.82 Å². The average molecular weight is 340 g/mol. The van der Waals surface area contributed by atoms with Crippen molar-refractivity contribution in [3.05, 3.63) is 65.0 Å². The molecule has 1 fully saturated rings. The number of benzene rings is 2. The third kappa shape index (κ3) is 4.05. The number of nitrogens with zero attached hydrogens (tertiary/aromatic N) is 1. The molecule has 3 rings (SSSR count). The summed E-state index contributed by atoms with van der Waals surface area (Å²) >= 11 is 0. The molecule has 1 N–H and O–H groups in total. The zero-order valence-corrected chi connectivity index (χ0v) is 14.4. The van der Waals surface area contributed by atoms with Crippen LogP contribution in [0.3, 0.4) is 0 Å². The number of rotatable bonds is 4. The lowest BCUT2D eigenvalue weighted by Gasteiger charge is -2.17. The van der Waals surface area contributed by atoms with Crippen molar-refractivity contribution in [2.45, 2.75) is 26.8 Å². The lowest BCUT2D eigenvalue weighted by atomic mass is 10.1. The number of likely N-dealkylation sites (tertiary alicyclic amines) is 1. The molecule has 2 aromatic rings. The molecule has 1 aliphatic heterocycles. The topological polar surface area (TPSA) is 49.4 Å². The van der Waals surface area contributed by atoms with Gasteiger partial charge in [0.25, 0.3) is 0 Å². The van der Waals surface area contributed by atoms with Crippen molar-refractivity contribution >= 4 is 17.5 Å². The van der Waals surface area contributed by atoms with E-state index in [1.54, 1.807) is 17.0 Å². The first-order valence-electron chi connectivity index (χ1n) is 8.32. The lowest BCUT2D eigenvalue weighted by Crippen LogP contribution is -2.28. The van der Waals surface area contributed by atoms with E-state index >= 15 is 0 Å². The maximum Gasteiger partial charge on any atom is 0.229 e. The molecule has 0 aromatic heterocycles. The minimum absolute atomic E-state index is 0.0508. The van der Waals surface area contributed by atoms with Crippen LogP contribution in [-0.4, -0.2) is 23.3 Å². The van der Waals surface area contributed by atoms with Gasteiger partial charge in [0.05, 0.1) is 5.92 Å². The highest BCUT2D eigenvalue weighted by atomic mass is 19.1. The first-order chi connectivity index (χ1) is 11.9.